The van der Waals surface area contributed by atoms with Crippen LogP contribution in [0.5, 0.6) is 0 Å². The minimum atomic E-state index is -4.96. The van der Waals surface area contributed by atoms with Crippen LogP contribution in [0, 0.1) is 10.1 Å². The van der Waals surface area contributed by atoms with Crippen LogP contribution in [0.3, 0.4) is 0 Å². The Labute approximate surface area is 108 Å². The first kappa shape index (κ1) is 14.6. The molecule has 1 aromatic rings. The normalized spacial score (nSPS) is 13.2. The van der Waals surface area contributed by atoms with E-state index in [0.717, 1.165) is 18.2 Å². The number of carbonyl (C=O) groups is 1. The van der Waals surface area contributed by atoms with Gasteiger partial charge in [0.25, 0.3) is 5.69 Å². The van der Waals surface area contributed by atoms with Gasteiger partial charge in [-0.25, -0.2) is 0 Å². The summed E-state index contributed by atoms with van der Waals surface area (Å²) in [5.41, 5.74) is -3.34. The van der Waals surface area contributed by atoms with Crippen molar-refractivity contribution in [2.75, 3.05) is 0 Å². The van der Waals surface area contributed by atoms with Crippen LogP contribution in [-0.4, -0.2) is 15.5 Å². The Morgan fingerprint density at radius 3 is 2.39 bits per heavy atom. The van der Waals surface area contributed by atoms with Crippen LogP contribution in [0.2, 0.25) is 0 Å². The largest absolute Gasteiger partial charge is 0.423 e. The second-order valence-corrected chi connectivity index (χ2v) is 4.81. The third-order valence-electron chi connectivity index (χ3n) is 2.15. The molecule has 0 N–H and O–H groups in total. The summed E-state index contributed by atoms with van der Waals surface area (Å²) in [4.78, 5) is 20.2. The van der Waals surface area contributed by atoms with E-state index in [9.17, 15) is 28.1 Å². The molecule has 98 valence electrons. The van der Waals surface area contributed by atoms with Gasteiger partial charge in [0.05, 0.1) is 9.75 Å². The number of carbonyl (C=O) groups excluding carboxylic acids is 1. The van der Waals surface area contributed by atoms with Gasteiger partial charge in [-0.3, -0.25) is 14.9 Å². The van der Waals surface area contributed by atoms with Crippen molar-refractivity contribution in [3.63, 3.8) is 0 Å². The number of nitro groups is 1. The number of benzene rings is 1. The molecule has 0 aliphatic carbocycles. The van der Waals surface area contributed by atoms with Crippen molar-refractivity contribution in [1.82, 2.24) is 0 Å². The molecule has 0 fully saturated rings. The quantitative estimate of drug-likeness (QED) is 0.369. The first-order chi connectivity index (χ1) is 8.16. The monoisotopic (exact) mass is 325 g/mol. The van der Waals surface area contributed by atoms with Crippen LogP contribution in [0.4, 0.5) is 18.9 Å². The van der Waals surface area contributed by atoms with Crippen molar-refractivity contribution < 1.29 is 22.9 Å². The molecule has 0 saturated carbocycles. The molecule has 0 heterocycles. The standard InChI is InChI=1S/C10H7BrF3NO3/c1-5(11)9(16)6-3-2-4-7(15(17)18)8(6)10(12,13)14/h2-5H,1H3. The molecule has 0 aliphatic heterocycles. The molecule has 0 amide bonds. The number of hydrogen-bond acceptors (Lipinski definition) is 3. The Kier molecular flexibility index (Phi) is 4.10. The number of halogens is 4. The third-order valence-corrected chi connectivity index (χ3v) is 2.57. The summed E-state index contributed by atoms with van der Waals surface area (Å²) in [6.07, 6.45) is -4.96. The summed E-state index contributed by atoms with van der Waals surface area (Å²) in [6, 6.07) is 2.70. The lowest BCUT2D eigenvalue weighted by Crippen LogP contribution is -2.19. The summed E-state index contributed by atoms with van der Waals surface area (Å²) >= 11 is 2.85. The van der Waals surface area contributed by atoms with Gasteiger partial charge in [-0.2, -0.15) is 13.2 Å². The number of rotatable bonds is 3. The van der Waals surface area contributed by atoms with Crippen LogP contribution in [0.15, 0.2) is 18.2 Å². The number of alkyl halides is 4. The Hall–Kier alpha value is -1.44. The van der Waals surface area contributed by atoms with E-state index in [1.54, 1.807) is 0 Å². The maximum atomic E-state index is 12.8. The molecule has 8 heteroatoms. The Bertz CT molecular complexity index is 500. The molecule has 0 bridgehead atoms. The van der Waals surface area contributed by atoms with E-state index in [0.29, 0.717) is 0 Å². The SMILES string of the molecule is CC(Br)C(=O)c1cccc([N+](=O)[O-])c1C(F)(F)F. The number of ketones is 1. The smallest absolute Gasteiger partial charge is 0.293 e. The average Bonchev–Trinajstić information content (AvgIpc) is 2.25. The van der Waals surface area contributed by atoms with E-state index in [4.69, 9.17) is 0 Å². The predicted octanol–water partition coefficient (Wildman–Crippen LogP) is 3.58. The number of Topliss-reactive ketones (excluding diaryl/α,β-unsaturated/α-hetero) is 1. The van der Waals surface area contributed by atoms with E-state index >= 15 is 0 Å². The molecule has 4 nitrogen and oxygen atoms in total. The minimum Gasteiger partial charge on any atom is -0.293 e. The molecule has 0 saturated heterocycles. The van der Waals surface area contributed by atoms with Gasteiger partial charge in [0.2, 0.25) is 0 Å². The zero-order valence-electron chi connectivity index (χ0n) is 8.99. The minimum absolute atomic E-state index is 0.707. The van der Waals surface area contributed by atoms with Crippen molar-refractivity contribution in [1.29, 1.82) is 0 Å². The van der Waals surface area contributed by atoms with Crippen LogP contribution < -0.4 is 0 Å². The van der Waals surface area contributed by atoms with Crippen LogP contribution in [-0.2, 0) is 6.18 Å². The predicted molar refractivity (Wildman–Crippen MR) is 60.8 cm³/mol. The highest BCUT2D eigenvalue weighted by molar-refractivity contribution is 9.10. The second-order valence-electron chi connectivity index (χ2n) is 3.43. The molecule has 0 spiro atoms. The van der Waals surface area contributed by atoms with Crippen molar-refractivity contribution in [2.24, 2.45) is 0 Å². The molecule has 1 unspecified atom stereocenters. The van der Waals surface area contributed by atoms with Gasteiger partial charge in [0, 0.05) is 11.6 Å². The molecule has 1 rings (SSSR count). The van der Waals surface area contributed by atoms with Crippen molar-refractivity contribution in [3.05, 3.63) is 39.4 Å². The molecule has 18 heavy (non-hydrogen) atoms. The molecule has 1 aromatic carbocycles. The summed E-state index contributed by atoms with van der Waals surface area (Å²) in [5.74, 6) is -0.856. The van der Waals surface area contributed by atoms with Crippen LogP contribution in [0.25, 0.3) is 0 Å². The second kappa shape index (κ2) is 5.05. The highest BCUT2D eigenvalue weighted by Crippen LogP contribution is 2.39. The fourth-order valence-electron chi connectivity index (χ4n) is 1.41. The third kappa shape index (κ3) is 2.87. The van der Waals surface area contributed by atoms with Gasteiger partial charge in [-0.1, -0.05) is 28.1 Å². The molecule has 0 aromatic heterocycles. The van der Waals surface area contributed by atoms with Gasteiger partial charge in [0.15, 0.2) is 5.78 Å². The summed E-state index contributed by atoms with van der Waals surface area (Å²) < 4.78 is 38.5. The summed E-state index contributed by atoms with van der Waals surface area (Å²) in [6.45, 7) is 1.35. The first-order valence-electron chi connectivity index (χ1n) is 4.69. The van der Waals surface area contributed by atoms with Gasteiger partial charge in [0.1, 0.15) is 5.56 Å². The lowest BCUT2D eigenvalue weighted by atomic mass is 10.00. The maximum absolute atomic E-state index is 12.8. The fraction of sp³-hybridized carbons (Fsp3) is 0.300. The molecule has 0 aliphatic rings. The maximum Gasteiger partial charge on any atom is 0.423 e. The fourth-order valence-corrected chi connectivity index (χ4v) is 1.66. The topological polar surface area (TPSA) is 60.2 Å². The van der Waals surface area contributed by atoms with Crippen molar-refractivity contribution in [3.8, 4) is 0 Å². The van der Waals surface area contributed by atoms with Gasteiger partial charge >= 0.3 is 6.18 Å². The number of hydrogen-bond donors (Lipinski definition) is 0. The summed E-state index contributed by atoms with van der Waals surface area (Å²) in [5, 5.41) is 10.6. The highest BCUT2D eigenvalue weighted by atomic mass is 79.9. The zero-order chi connectivity index (χ0) is 14.1. The molecule has 1 atom stereocenters. The van der Waals surface area contributed by atoms with E-state index in [-0.39, 0.29) is 0 Å². The van der Waals surface area contributed by atoms with E-state index in [1.165, 1.54) is 6.92 Å². The Morgan fingerprint density at radius 2 is 2.00 bits per heavy atom. The van der Waals surface area contributed by atoms with Crippen molar-refractivity contribution >= 4 is 27.4 Å². The van der Waals surface area contributed by atoms with Crippen molar-refractivity contribution in [2.45, 2.75) is 17.9 Å². The molecular weight excluding hydrogens is 319 g/mol. The molecule has 0 radical (unpaired) electrons. The van der Waals surface area contributed by atoms with E-state index in [2.05, 4.69) is 15.9 Å². The van der Waals surface area contributed by atoms with Gasteiger partial charge in [-0.15, -0.1) is 0 Å². The highest BCUT2D eigenvalue weighted by Gasteiger charge is 2.42. The van der Waals surface area contributed by atoms with Gasteiger partial charge in [-0.05, 0) is 6.92 Å². The van der Waals surface area contributed by atoms with E-state index in [1.807, 2.05) is 0 Å². The average molecular weight is 326 g/mol. The first-order valence-corrected chi connectivity index (χ1v) is 5.60. The zero-order valence-corrected chi connectivity index (χ0v) is 10.6. The van der Waals surface area contributed by atoms with E-state index < -0.39 is 38.5 Å². The Morgan fingerprint density at radius 1 is 1.44 bits per heavy atom. The lowest BCUT2D eigenvalue weighted by Gasteiger charge is -2.12. The van der Waals surface area contributed by atoms with Gasteiger partial charge < -0.3 is 0 Å². The number of nitro benzene ring substituents is 1. The molecular formula is C10H7BrF3NO3. The van der Waals surface area contributed by atoms with Crippen LogP contribution in [0.1, 0.15) is 22.8 Å². The Balaban J connectivity index is 3.58. The lowest BCUT2D eigenvalue weighted by molar-refractivity contribution is -0.388. The summed E-state index contributed by atoms with van der Waals surface area (Å²) in [7, 11) is 0. The number of nitrogens with zero attached hydrogens (tertiary/aromatic N) is 1. The van der Waals surface area contributed by atoms with Crippen LogP contribution >= 0.6 is 15.9 Å².